The minimum Gasteiger partial charge on any atom is -0.468 e. The van der Waals surface area contributed by atoms with Crippen LogP contribution in [0.4, 0.5) is 0 Å². The van der Waals surface area contributed by atoms with Crippen LogP contribution >= 0.6 is 23.4 Å². The van der Waals surface area contributed by atoms with Gasteiger partial charge in [-0.2, -0.15) is 11.8 Å². The van der Waals surface area contributed by atoms with Crippen molar-refractivity contribution in [2.45, 2.75) is 11.8 Å². The lowest BCUT2D eigenvalue weighted by molar-refractivity contribution is -0.142. The molecule has 17 heavy (non-hydrogen) atoms. The zero-order chi connectivity index (χ0) is 12.7. The highest BCUT2D eigenvalue weighted by atomic mass is 35.5. The number of nitrogens with one attached hydrogen (secondary N) is 1. The predicted molar refractivity (Wildman–Crippen MR) is 72.5 cm³/mol. The first kappa shape index (κ1) is 14.4. The van der Waals surface area contributed by atoms with E-state index in [0.717, 1.165) is 10.8 Å². The van der Waals surface area contributed by atoms with Gasteiger partial charge in [0.2, 0.25) is 0 Å². The number of benzene rings is 1. The van der Waals surface area contributed by atoms with Crippen LogP contribution in [0.15, 0.2) is 24.3 Å². The van der Waals surface area contributed by atoms with Gasteiger partial charge in [0.05, 0.1) is 7.11 Å². The Balaban J connectivity index is 2.36. The molecule has 0 aliphatic carbocycles. The van der Waals surface area contributed by atoms with Gasteiger partial charge in [0.1, 0.15) is 6.04 Å². The first-order valence-electron chi connectivity index (χ1n) is 5.24. The smallest absolute Gasteiger partial charge is 0.323 e. The molecule has 0 saturated carbocycles. The summed E-state index contributed by atoms with van der Waals surface area (Å²) in [6.07, 6.45) is 0. The van der Waals surface area contributed by atoms with Gasteiger partial charge in [-0.1, -0.05) is 23.7 Å². The zero-order valence-corrected chi connectivity index (χ0v) is 11.5. The number of carbonyl (C=O) groups excluding carboxylic acids is 1. The number of halogens is 1. The fourth-order valence-electron chi connectivity index (χ4n) is 1.29. The third kappa shape index (κ3) is 4.98. The number of rotatable bonds is 6. The molecular formula is C12H16ClNO2S. The Morgan fingerprint density at radius 2 is 2.12 bits per heavy atom. The Morgan fingerprint density at radius 3 is 2.65 bits per heavy atom. The minimum atomic E-state index is -0.252. The average molecular weight is 274 g/mol. The van der Waals surface area contributed by atoms with Gasteiger partial charge in [-0.3, -0.25) is 4.79 Å². The standard InChI is InChI=1S/C12H16ClNO2S/c1-14-11(12(15)16-2)8-17-7-9-3-5-10(13)6-4-9/h3-6,11,14H,7-8H2,1-2H3. The predicted octanol–water partition coefficient (Wildman–Crippen LogP) is 2.33. The van der Waals surface area contributed by atoms with E-state index in [1.165, 1.54) is 12.7 Å². The molecule has 0 bridgehead atoms. The summed E-state index contributed by atoms with van der Waals surface area (Å²) in [5, 5.41) is 3.67. The second-order valence-electron chi connectivity index (χ2n) is 3.51. The summed E-state index contributed by atoms with van der Waals surface area (Å²) in [4.78, 5) is 11.3. The van der Waals surface area contributed by atoms with E-state index >= 15 is 0 Å². The van der Waals surface area contributed by atoms with Gasteiger partial charge >= 0.3 is 5.97 Å². The summed E-state index contributed by atoms with van der Waals surface area (Å²) in [6.45, 7) is 0. The maximum atomic E-state index is 11.3. The molecule has 1 aromatic carbocycles. The summed E-state index contributed by atoms with van der Waals surface area (Å²) in [6, 6.07) is 7.46. The molecule has 0 spiro atoms. The maximum Gasteiger partial charge on any atom is 0.323 e. The first-order chi connectivity index (χ1) is 8.17. The Morgan fingerprint density at radius 1 is 1.47 bits per heavy atom. The lowest BCUT2D eigenvalue weighted by atomic mass is 10.2. The van der Waals surface area contributed by atoms with Crippen molar-refractivity contribution in [1.29, 1.82) is 0 Å². The zero-order valence-electron chi connectivity index (χ0n) is 9.90. The maximum absolute atomic E-state index is 11.3. The number of methoxy groups -OCH3 is 1. The normalized spacial score (nSPS) is 12.2. The van der Waals surface area contributed by atoms with E-state index in [1.54, 1.807) is 18.8 Å². The van der Waals surface area contributed by atoms with E-state index in [2.05, 4.69) is 10.1 Å². The molecule has 0 aliphatic heterocycles. The Kier molecular flexibility index (Phi) is 6.40. The van der Waals surface area contributed by atoms with E-state index in [9.17, 15) is 4.79 Å². The highest BCUT2D eigenvalue weighted by Gasteiger charge is 2.16. The van der Waals surface area contributed by atoms with Crippen molar-refractivity contribution >= 4 is 29.3 Å². The highest BCUT2D eigenvalue weighted by Crippen LogP contribution is 2.16. The molecule has 3 nitrogen and oxygen atoms in total. The van der Waals surface area contributed by atoms with Crippen LogP contribution in [0.5, 0.6) is 0 Å². The van der Waals surface area contributed by atoms with E-state index in [0.29, 0.717) is 5.75 Å². The van der Waals surface area contributed by atoms with Crippen LogP contribution in [0.25, 0.3) is 0 Å². The van der Waals surface area contributed by atoms with Crippen molar-refractivity contribution in [3.63, 3.8) is 0 Å². The molecule has 0 aromatic heterocycles. The third-order valence-corrected chi connectivity index (χ3v) is 3.66. The van der Waals surface area contributed by atoms with Gasteiger partial charge in [-0.25, -0.2) is 0 Å². The molecule has 5 heteroatoms. The van der Waals surface area contributed by atoms with Crippen LogP contribution in [-0.4, -0.2) is 31.9 Å². The number of hydrogen-bond acceptors (Lipinski definition) is 4. The van der Waals surface area contributed by atoms with E-state index in [4.69, 9.17) is 11.6 Å². The largest absolute Gasteiger partial charge is 0.468 e. The lowest BCUT2D eigenvalue weighted by Gasteiger charge is -2.12. The molecule has 0 heterocycles. The summed E-state index contributed by atoms with van der Waals surface area (Å²) in [7, 11) is 3.15. The molecular weight excluding hydrogens is 258 g/mol. The molecule has 1 aromatic rings. The summed E-state index contributed by atoms with van der Waals surface area (Å²) in [5.41, 5.74) is 1.19. The van der Waals surface area contributed by atoms with Crippen molar-refractivity contribution in [2.24, 2.45) is 0 Å². The van der Waals surface area contributed by atoms with E-state index in [1.807, 2.05) is 24.3 Å². The van der Waals surface area contributed by atoms with Gasteiger partial charge in [0.15, 0.2) is 0 Å². The van der Waals surface area contributed by atoms with Gasteiger partial charge < -0.3 is 10.1 Å². The summed E-state index contributed by atoms with van der Waals surface area (Å²) >= 11 is 7.48. The van der Waals surface area contributed by atoms with Crippen LogP contribution in [0.2, 0.25) is 5.02 Å². The van der Waals surface area contributed by atoms with Crippen molar-refractivity contribution < 1.29 is 9.53 Å². The molecule has 0 aliphatic rings. The number of thioether (sulfide) groups is 1. The number of hydrogen-bond donors (Lipinski definition) is 1. The number of ether oxygens (including phenoxy) is 1. The number of esters is 1. The molecule has 0 amide bonds. The highest BCUT2D eigenvalue weighted by molar-refractivity contribution is 7.98. The molecule has 1 atom stereocenters. The third-order valence-electron chi connectivity index (χ3n) is 2.30. The van der Waals surface area contributed by atoms with Crippen LogP contribution in [0.1, 0.15) is 5.56 Å². The second kappa shape index (κ2) is 7.58. The topological polar surface area (TPSA) is 38.3 Å². The lowest BCUT2D eigenvalue weighted by Crippen LogP contribution is -2.37. The van der Waals surface area contributed by atoms with Crippen molar-refractivity contribution in [3.8, 4) is 0 Å². The monoisotopic (exact) mass is 273 g/mol. The molecule has 0 saturated heterocycles. The number of carbonyl (C=O) groups is 1. The van der Waals surface area contributed by atoms with Crippen LogP contribution in [0, 0.1) is 0 Å². The van der Waals surface area contributed by atoms with Crippen LogP contribution in [0.3, 0.4) is 0 Å². The second-order valence-corrected chi connectivity index (χ2v) is 4.97. The van der Waals surface area contributed by atoms with Crippen LogP contribution in [-0.2, 0) is 15.3 Å². The van der Waals surface area contributed by atoms with Crippen LogP contribution < -0.4 is 5.32 Å². The van der Waals surface area contributed by atoms with Gasteiger partial charge in [0, 0.05) is 16.5 Å². The summed E-state index contributed by atoms with van der Waals surface area (Å²) < 4.78 is 4.69. The fraction of sp³-hybridized carbons (Fsp3) is 0.417. The quantitative estimate of drug-likeness (QED) is 0.808. The molecule has 1 unspecified atom stereocenters. The van der Waals surface area contributed by atoms with E-state index < -0.39 is 0 Å². The average Bonchev–Trinajstić information content (AvgIpc) is 2.36. The molecule has 0 radical (unpaired) electrons. The van der Waals surface area contributed by atoms with Crippen molar-refractivity contribution in [1.82, 2.24) is 5.32 Å². The first-order valence-corrected chi connectivity index (χ1v) is 6.78. The SMILES string of the molecule is CNC(CSCc1ccc(Cl)cc1)C(=O)OC. The molecule has 1 N–H and O–H groups in total. The summed E-state index contributed by atoms with van der Waals surface area (Å²) in [5.74, 6) is 1.31. The van der Waals surface area contributed by atoms with Crippen molar-refractivity contribution in [3.05, 3.63) is 34.9 Å². The van der Waals surface area contributed by atoms with Gasteiger partial charge in [0.25, 0.3) is 0 Å². The molecule has 94 valence electrons. The van der Waals surface area contributed by atoms with E-state index in [-0.39, 0.29) is 12.0 Å². The number of likely N-dealkylation sites (N-methyl/N-ethyl adjacent to an activating group) is 1. The minimum absolute atomic E-state index is 0.226. The van der Waals surface area contributed by atoms with Gasteiger partial charge in [-0.15, -0.1) is 0 Å². The Bertz CT molecular complexity index is 356. The molecule has 1 rings (SSSR count). The van der Waals surface area contributed by atoms with Crippen molar-refractivity contribution in [2.75, 3.05) is 19.9 Å². The Hall–Kier alpha value is -0.710. The molecule has 0 fully saturated rings. The Labute approximate surface area is 111 Å². The fourth-order valence-corrected chi connectivity index (χ4v) is 2.50. The van der Waals surface area contributed by atoms with Gasteiger partial charge in [-0.05, 0) is 24.7 Å².